The Bertz CT molecular complexity index is 116. The first-order chi connectivity index (χ1) is 3.92. The van der Waals surface area contributed by atoms with Gasteiger partial charge >= 0.3 is 9.95 Å². The molecule has 2 amide bonds. The van der Waals surface area contributed by atoms with Crippen molar-refractivity contribution in [3.05, 3.63) is 0 Å². The van der Waals surface area contributed by atoms with E-state index >= 15 is 0 Å². The Balaban J connectivity index is 3.39. The van der Waals surface area contributed by atoms with Crippen molar-refractivity contribution in [1.82, 2.24) is 4.72 Å². The van der Waals surface area contributed by atoms with E-state index < -0.39 is 9.95 Å². The van der Waals surface area contributed by atoms with E-state index in [1.807, 2.05) is 0 Å². The summed E-state index contributed by atoms with van der Waals surface area (Å²) in [5, 5.41) is 0. The summed E-state index contributed by atoms with van der Waals surface area (Å²) in [7, 11) is 0. The molecule has 0 aliphatic carbocycles. The van der Waals surface area contributed by atoms with Crippen LogP contribution in [0.25, 0.3) is 0 Å². The summed E-state index contributed by atoms with van der Waals surface area (Å²) in [6, 6.07) is -0.900. The highest BCUT2D eigenvalue weighted by Crippen LogP contribution is 2.33. The number of nitrogens with two attached hydrogens (primary N) is 1. The number of urea groups is 1. The summed E-state index contributed by atoms with van der Waals surface area (Å²) in [6.45, 7) is 0. The number of halogens is 3. The van der Waals surface area contributed by atoms with Crippen molar-refractivity contribution in [2.75, 3.05) is 0 Å². The van der Waals surface area contributed by atoms with E-state index in [1.54, 1.807) is 4.72 Å². The Morgan fingerprint density at radius 1 is 1.78 bits per heavy atom. The monoisotopic (exact) mass is 192 g/mol. The van der Waals surface area contributed by atoms with Gasteiger partial charge in [0.15, 0.2) is 0 Å². The van der Waals surface area contributed by atoms with Gasteiger partial charge in [0.05, 0.1) is 0 Å². The molecule has 0 aromatic heterocycles. The summed E-state index contributed by atoms with van der Waals surface area (Å²) < 4.78 is 11.3. The number of hydrogen-bond donors (Lipinski definition) is 2. The summed E-state index contributed by atoms with van der Waals surface area (Å²) in [6.07, 6.45) is 0. The van der Waals surface area contributed by atoms with E-state index in [1.165, 1.54) is 0 Å². The smallest absolute Gasteiger partial charge is 0.323 e. The largest absolute Gasteiger partial charge is 0.351 e. The van der Waals surface area contributed by atoms with Crippen LogP contribution in [0, 0.1) is 0 Å². The maximum absolute atomic E-state index is 12.0. The van der Waals surface area contributed by atoms with Crippen molar-refractivity contribution in [3.63, 3.8) is 0 Å². The molecular weight excluding hydrogens is 190 g/mol. The molecule has 0 aliphatic rings. The van der Waals surface area contributed by atoms with Gasteiger partial charge < -0.3 is 5.73 Å². The van der Waals surface area contributed by atoms with Crippen LogP contribution < -0.4 is 10.5 Å². The molecule has 0 fully saturated rings. The quantitative estimate of drug-likeness (QED) is 0.513. The molecule has 3 N–H and O–H groups in total. The summed E-state index contributed by atoms with van der Waals surface area (Å²) >= 11 is 9.72. The lowest BCUT2D eigenvalue weighted by atomic mass is 11.2. The number of amides is 2. The molecule has 0 heterocycles. The first-order valence-corrected chi connectivity index (χ1v) is 3.29. The maximum atomic E-state index is 12.0. The molecule has 9 heavy (non-hydrogen) atoms. The second-order valence-corrected chi connectivity index (χ2v) is 3.67. The Kier molecular flexibility index (Phi) is 3.38. The average Bonchev–Trinajstić information content (AvgIpc) is 1.59. The molecule has 0 aromatic rings. The lowest BCUT2D eigenvalue weighted by Crippen LogP contribution is -2.25. The SMILES string of the molecule is NC(=O)NSC(F)(Cl)Cl. The van der Waals surface area contributed by atoms with Crippen LogP contribution in [0.15, 0.2) is 0 Å². The van der Waals surface area contributed by atoms with Gasteiger partial charge in [0.1, 0.15) is 0 Å². The van der Waals surface area contributed by atoms with E-state index in [0.717, 1.165) is 0 Å². The van der Waals surface area contributed by atoms with E-state index in [2.05, 4.69) is 5.73 Å². The van der Waals surface area contributed by atoms with Crippen LogP contribution in [0.1, 0.15) is 0 Å². The van der Waals surface area contributed by atoms with Crippen LogP contribution in [0.2, 0.25) is 0 Å². The third kappa shape index (κ3) is 8.13. The molecule has 0 radical (unpaired) electrons. The number of carbonyl (C=O) groups is 1. The molecule has 0 saturated heterocycles. The van der Waals surface area contributed by atoms with Gasteiger partial charge in [-0.2, -0.15) is 4.39 Å². The molecule has 0 unspecified atom stereocenters. The molecule has 0 atom stereocenters. The van der Waals surface area contributed by atoms with E-state index in [0.29, 0.717) is 0 Å². The Morgan fingerprint density at radius 3 is 2.33 bits per heavy atom. The Morgan fingerprint density at radius 2 is 2.22 bits per heavy atom. The van der Waals surface area contributed by atoms with Gasteiger partial charge in [-0.1, -0.05) is 23.2 Å². The van der Waals surface area contributed by atoms with Gasteiger partial charge in [0, 0.05) is 11.9 Å². The summed E-state index contributed by atoms with van der Waals surface area (Å²) in [4.78, 5) is 9.85. The van der Waals surface area contributed by atoms with Crippen LogP contribution in [-0.2, 0) is 0 Å². The molecule has 0 aromatic carbocycles. The minimum Gasteiger partial charge on any atom is -0.351 e. The molecule has 3 nitrogen and oxygen atoms in total. The summed E-state index contributed by atoms with van der Waals surface area (Å²) in [5.41, 5.74) is 4.54. The van der Waals surface area contributed by atoms with Crippen LogP contribution in [0.4, 0.5) is 9.18 Å². The van der Waals surface area contributed by atoms with Gasteiger partial charge in [0.2, 0.25) is 0 Å². The minimum absolute atomic E-state index is 0.181. The molecule has 54 valence electrons. The van der Waals surface area contributed by atoms with E-state index in [9.17, 15) is 9.18 Å². The zero-order chi connectivity index (χ0) is 7.49. The van der Waals surface area contributed by atoms with Crippen LogP contribution in [-0.4, -0.2) is 9.95 Å². The second-order valence-electron chi connectivity index (χ2n) is 1.01. The highest BCUT2D eigenvalue weighted by atomic mass is 35.5. The highest BCUT2D eigenvalue weighted by molar-refractivity contribution is 8.01. The zero-order valence-corrected chi connectivity index (χ0v) is 6.36. The molecule has 0 rings (SSSR count). The van der Waals surface area contributed by atoms with Crippen LogP contribution >= 0.6 is 35.1 Å². The molecule has 0 saturated carbocycles. The Hall–Kier alpha value is 0.130. The number of primary amides is 1. The van der Waals surface area contributed by atoms with Crippen molar-refractivity contribution in [3.8, 4) is 0 Å². The highest BCUT2D eigenvalue weighted by Gasteiger charge is 2.23. The second kappa shape index (κ2) is 3.34. The van der Waals surface area contributed by atoms with Crippen molar-refractivity contribution >= 4 is 41.2 Å². The van der Waals surface area contributed by atoms with E-state index in [-0.39, 0.29) is 11.9 Å². The molecular formula is C2H3Cl2FN2OS. The van der Waals surface area contributed by atoms with Crippen molar-refractivity contribution in [1.29, 1.82) is 0 Å². The van der Waals surface area contributed by atoms with Crippen LogP contribution in [0.3, 0.4) is 0 Å². The van der Waals surface area contributed by atoms with E-state index in [4.69, 9.17) is 23.2 Å². The van der Waals surface area contributed by atoms with Gasteiger partial charge in [-0.3, -0.25) is 4.72 Å². The fraction of sp³-hybridized carbons (Fsp3) is 0.500. The van der Waals surface area contributed by atoms with Gasteiger partial charge in [-0.05, 0) is 0 Å². The minimum atomic E-state index is -2.52. The Labute approximate surface area is 65.2 Å². The fourth-order valence-electron chi connectivity index (χ4n) is 0.108. The molecule has 0 spiro atoms. The van der Waals surface area contributed by atoms with Gasteiger partial charge in [0.25, 0.3) is 0 Å². The van der Waals surface area contributed by atoms with Crippen molar-refractivity contribution in [2.45, 2.75) is 3.92 Å². The van der Waals surface area contributed by atoms with Crippen LogP contribution in [0.5, 0.6) is 0 Å². The molecule has 0 aliphatic heterocycles. The number of rotatable bonds is 2. The van der Waals surface area contributed by atoms with Crippen molar-refractivity contribution < 1.29 is 9.18 Å². The predicted molar refractivity (Wildman–Crippen MR) is 35.9 cm³/mol. The lowest BCUT2D eigenvalue weighted by molar-refractivity contribution is 0.254. The average molecular weight is 193 g/mol. The topological polar surface area (TPSA) is 55.1 Å². The standard InChI is InChI=1S/C2H3Cl2FN2OS/c3-2(4,5)9-7-1(6)8/h(H3,6,7,8). The first-order valence-electron chi connectivity index (χ1n) is 1.72. The number of carbonyl (C=O) groups excluding carboxylic acids is 1. The molecule has 7 heteroatoms. The lowest BCUT2D eigenvalue weighted by Gasteiger charge is -2.05. The summed E-state index contributed by atoms with van der Waals surface area (Å²) in [5.74, 6) is 0. The number of alkyl halides is 3. The molecule has 0 bridgehead atoms. The zero-order valence-electron chi connectivity index (χ0n) is 4.03. The predicted octanol–water partition coefficient (Wildman–Crippen LogP) is 1.36. The third-order valence-electron chi connectivity index (χ3n) is 0.267. The fourth-order valence-corrected chi connectivity index (χ4v) is 0.556. The maximum Gasteiger partial charge on any atom is 0.323 e. The normalized spacial score (nSPS) is 11.0. The van der Waals surface area contributed by atoms with Crippen molar-refractivity contribution in [2.24, 2.45) is 5.73 Å². The number of nitrogens with one attached hydrogen (secondary N) is 1. The van der Waals surface area contributed by atoms with Gasteiger partial charge in [-0.15, -0.1) is 0 Å². The number of hydrogen-bond acceptors (Lipinski definition) is 2. The van der Waals surface area contributed by atoms with Gasteiger partial charge in [-0.25, -0.2) is 4.79 Å². The first kappa shape index (κ1) is 9.13. The third-order valence-corrected chi connectivity index (χ3v) is 1.26.